The Bertz CT molecular complexity index is 305. The molecule has 3 heteroatoms. The van der Waals surface area contributed by atoms with Crippen molar-refractivity contribution in [2.75, 3.05) is 7.11 Å². The molecule has 0 bridgehead atoms. The predicted molar refractivity (Wildman–Crippen MR) is 79.9 cm³/mol. The van der Waals surface area contributed by atoms with Crippen molar-refractivity contribution in [3.63, 3.8) is 0 Å². The van der Waals surface area contributed by atoms with Crippen molar-refractivity contribution < 1.29 is 15.3 Å². The van der Waals surface area contributed by atoms with Crippen LogP contribution in [0.1, 0.15) is 52.9 Å². The van der Waals surface area contributed by atoms with E-state index in [0.29, 0.717) is 6.42 Å². The molecule has 19 heavy (non-hydrogen) atoms. The van der Waals surface area contributed by atoms with Gasteiger partial charge in [0.15, 0.2) is 0 Å². The van der Waals surface area contributed by atoms with Gasteiger partial charge in [0.05, 0.1) is 12.2 Å². The van der Waals surface area contributed by atoms with Gasteiger partial charge in [-0.25, -0.2) is 0 Å². The minimum Gasteiger partial charge on any atom is -0.400 e. The quantitative estimate of drug-likeness (QED) is 0.593. The highest BCUT2D eigenvalue weighted by atomic mass is 16.3. The van der Waals surface area contributed by atoms with Crippen molar-refractivity contribution in [1.29, 1.82) is 0 Å². The number of aliphatic hydroxyl groups excluding tert-OH is 3. The van der Waals surface area contributed by atoms with Gasteiger partial charge in [0.2, 0.25) is 0 Å². The zero-order valence-corrected chi connectivity index (χ0v) is 12.8. The van der Waals surface area contributed by atoms with Crippen LogP contribution in [-0.2, 0) is 0 Å². The number of rotatable bonds is 0. The Morgan fingerprint density at radius 2 is 1.79 bits per heavy atom. The Kier molecular flexibility index (Phi) is 8.23. The van der Waals surface area contributed by atoms with Crippen LogP contribution in [0.5, 0.6) is 0 Å². The fourth-order valence-electron chi connectivity index (χ4n) is 2.59. The van der Waals surface area contributed by atoms with E-state index in [9.17, 15) is 10.2 Å². The first-order valence-electron chi connectivity index (χ1n) is 6.94. The Labute approximate surface area is 117 Å². The average molecular weight is 270 g/mol. The fraction of sp³-hybridized carbons (Fsp3) is 0.750. The maximum Gasteiger partial charge on any atom is 0.0752 e. The lowest BCUT2D eigenvalue weighted by molar-refractivity contribution is 0.0780. The summed E-state index contributed by atoms with van der Waals surface area (Å²) in [4.78, 5) is 0. The Balaban J connectivity index is 0.00000154. The van der Waals surface area contributed by atoms with Crippen LogP contribution >= 0.6 is 0 Å². The molecular weight excluding hydrogens is 240 g/mol. The number of allylic oxidation sites excluding steroid dienone is 1. The summed E-state index contributed by atoms with van der Waals surface area (Å²) in [5.74, 6) is 0. The molecule has 0 fully saturated rings. The van der Waals surface area contributed by atoms with Gasteiger partial charge in [0.1, 0.15) is 0 Å². The summed E-state index contributed by atoms with van der Waals surface area (Å²) in [6, 6.07) is 0. The van der Waals surface area contributed by atoms with Crippen LogP contribution in [0, 0.1) is 5.41 Å². The van der Waals surface area contributed by atoms with Crippen molar-refractivity contribution in [3.05, 3.63) is 23.8 Å². The van der Waals surface area contributed by atoms with E-state index in [2.05, 4.69) is 33.4 Å². The van der Waals surface area contributed by atoms with Gasteiger partial charge in [-0.15, -0.1) is 0 Å². The summed E-state index contributed by atoms with van der Waals surface area (Å²) in [6.45, 7) is 10.2. The molecule has 0 aliphatic heterocycles. The molecule has 0 amide bonds. The van der Waals surface area contributed by atoms with Gasteiger partial charge in [0.25, 0.3) is 0 Å². The van der Waals surface area contributed by atoms with E-state index in [4.69, 9.17) is 5.11 Å². The molecule has 0 aromatic rings. The molecule has 0 spiro atoms. The minimum absolute atomic E-state index is 0.0492. The molecule has 0 saturated heterocycles. The van der Waals surface area contributed by atoms with Crippen LogP contribution < -0.4 is 0 Å². The highest BCUT2D eigenvalue weighted by Crippen LogP contribution is 2.33. The minimum atomic E-state index is -0.441. The standard InChI is InChI=1S/C15H26O2.CH4O/c1-11-6-5-7-12(2)14(17)10-15(3,4)9-13(16)8-11;1-2/h6,13-14,16-17H,2,5,7-10H2,1,3-4H3;2H,1H3/b11-6+;/t13-,14+;/m0./s1. The first kappa shape index (κ1) is 18.4. The molecule has 1 aliphatic rings. The molecule has 0 saturated carbocycles. The summed E-state index contributed by atoms with van der Waals surface area (Å²) in [6.07, 6.45) is 5.30. The van der Waals surface area contributed by atoms with Gasteiger partial charge in [-0.1, -0.05) is 32.1 Å². The van der Waals surface area contributed by atoms with E-state index in [1.54, 1.807) is 0 Å². The smallest absolute Gasteiger partial charge is 0.0752 e. The van der Waals surface area contributed by atoms with Crippen molar-refractivity contribution in [2.45, 2.75) is 65.1 Å². The highest BCUT2D eigenvalue weighted by molar-refractivity contribution is 5.08. The molecule has 0 aromatic heterocycles. The lowest BCUT2D eigenvalue weighted by Crippen LogP contribution is -2.26. The monoisotopic (exact) mass is 270 g/mol. The summed E-state index contributed by atoms with van der Waals surface area (Å²) in [5, 5.41) is 27.1. The molecule has 0 radical (unpaired) electrons. The second-order valence-corrected chi connectivity index (χ2v) is 6.19. The molecule has 0 aromatic carbocycles. The van der Waals surface area contributed by atoms with Crippen LogP contribution in [0.2, 0.25) is 0 Å². The topological polar surface area (TPSA) is 60.7 Å². The average Bonchev–Trinajstić information content (AvgIpc) is 2.29. The van der Waals surface area contributed by atoms with Crippen LogP contribution in [0.15, 0.2) is 23.8 Å². The summed E-state index contributed by atoms with van der Waals surface area (Å²) < 4.78 is 0. The van der Waals surface area contributed by atoms with Gasteiger partial charge < -0.3 is 15.3 Å². The Morgan fingerprint density at radius 1 is 1.21 bits per heavy atom. The summed E-state index contributed by atoms with van der Waals surface area (Å²) in [5.41, 5.74) is 2.10. The van der Waals surface area contributed by atoms with Crippen molar-refractivity contribution >= 4 is 0 Å². The maximum atomic E-state index is 10.1. The fourth-order valence-corrected chi connectivity index (χ4v) is 2.59. The molecule has 112 valence electrons. The van der Waals surface area contributed by atoms with Gasteiger partial charge in [0, 0.05) is 7.11 Å². The molecule has 0 heterocycles. The number of hydrogen-bond acceptors (Lipinski definition) is 3. The van der Waals surface area contributed by atoms with Gasteiger partial charge in [-0.05, 0) is 50.0 Å². The van der Waals surface area contributed by atoms with Crippen molar-refractivity contribution in [3.8, 4) is 0 Å². The van der Waals surface area contributed by atoms with E-state index in [1.807, 2.05) is 0 Å². The van der Waals surface area contributed by atoms with Crippen molar-refractivity contribution in [2.24, 2.45) is 5.41 Å². The summed E-state index contributed by atoms with van der Waals surface area (Å²) in [7, 11) is 1.00. The summed E-state index contributed by atoms with van der Waals surface area (Å²) >= 11 is 0. The maximum absolute atomic E-state index is 10.1. The second kappa shape index (κ2) is 8.51. The second-order valence-electron chi connectivity index (χ2n) is 6.19. The molecule has 2 atom stereocenters. The SMILES string of the molecule is C=C1CC/C=C(\C)C[C@H](O)CC(C)(C)C[C@H]1O.CO. The third-order valence-electron chi connectivity index (χ3n) is 3.52. The van der Waals surface area contributed by atoms with Crippen LogP contribution in [0.3, 0.4) is 0 Å². The zero-order chi connectivity index (χ0) is 15.1. The number of aliphatic hydroxyl groups is 3. The Hall–Kier alpha value is -0.640. The van der Waals surface area contributed by atoms with E-state index in [0.717, 1.165) is 38.4 Å². The molecule has 1 rings (SSSR count). The highest BCUT2D eigenvalue weighted by Gasteiger charge is 2.27. The lowest BCUT2D eigenvalue weighted by atomic mass is 9.79. The molecule has 1 aliphatic carbocycles. The van der Waals surface area contributed by atoms with Gasteiger partial charge in [-0.2, -0.15) is 0 Å². The normalized spacial score (nSPS) is 31.3. The number of hydrogen-bond donors (Lipinski definition) is 3. The first-order valence-corrected chi connectivity index (χ1v) is 6.94. The zero-order valence-electron chi connectivity index (χ0n) is 12.8. The lowest BCUT2D eigenvalue weighted by Gasteiger charge is -2.30. The van der Waals surface area contributed by atoms with Crippen molar-refractivity contribution in [1.82, 2.24) is 0 Å². The van der Waals surface area contributed by atoms with Crippen LogP contribution in [0.4, 0.5) is 0 Å². The van der Waals surface area contributed by atoms with E-state index < -0.39 is 6.10 Å². The molecule has 3 nitrogen and oxygen atoms in total. The van der Waals surface area contributed by atoms with Gasteiger partial charge in [-0.3, -0.25) is 0 Å². The van der Waals surface area contributed by atoms with Crippen LogP contribution in [-0.4, -0.2) is 34.6 Å². The Morgan fingerprint density at radius 3 is 2.37 bits per heavy atom. The third kappa shape index (κ3) is 7.51. The largest absolute Gasteiger partial charge is 0.400 e. The molecular formula is C16H30O3. The first-order chi connectivity index (χ1) is 8.80. The molecule has 3 N–H and O–H groups in total. The predicted octanol–water partition coefficient (Wildman–Crippen LogP) is 2.81. The van der Waals surface area contributed by atoms with E-state index in [-0.39, 0.29) is 11.5 Å². The van der Waals surface area contributed by atoms with Crippen LogP contribution in [0.25, 0.3) is 0 Å². The van der Waals surface area contributed by atoms with E-state index >= 15 is 0 Å². The van der Waals surface area contributed by atoms with E-state index in [1.165, 1.54) is 5.57 Å². The van der Waals surface area contributed by atoms with Gasteiger partial charge >= 0.3 is 0 Å². The third-order valence-corrected chi connectivity index (χ3v) is 3.52. The molecule has 0 unspecified atom stereocenters.